The summed E-state index contributed by atoms with van der Waals surface area (Å²) in [5, 5.41) is 19.0. The molecule has 1 N–H and O–H groups in total. The van der Waals surface area contributed by atoms with Gasteiger partial charge in [-0.15, -0.1) is 0 Å². The number of halogens is 1. The van der Waals surface area contributed by atoms with Gasteiger partial charge in [-0.3, -0.25) is 0 Å². The molecule has 0 aromatic carbocycles. The van der Waals surface area contributed by atoms with Gasteiger partial charge < -0.3 is 5.21 Å². The minimum Gasteiger partial charge on any atom is -0.411 e. The van der Waals surface area contributed by atoms with E-state index in [1.54, 1.807) is 6.92 Å². The normalized spacial score (nSPS) is 12.0. The van der Waals surface area contributed by atoms with Crippen molar-refractivity contribution in [3.8, 4) is 0 Å². The summed E-state index contributed by atoms with van der Waals surface area (Å²) >= 11 is 3.13. The highest BCUT2D eigenvalue weighted by Gasteiger charge is 2.11. The molecule has 1 rings (SSSR count). The van der Waals surface area contributed by atoms with E-state index in [0.717, 1.165) is 0 Å². The third-order valence-electron chi connectivity index (χ3n) is 1.17. The van der Waals surface area contributed by atoms with Crippen molar-refractivity contribution in [2.45, 2.75) is 6.92 Å². The smallest absolute Gasteiger partial charge is 0.156 e. The Morgan fingerprint density at radius 2 is 2.45 bits per heavy atom. The maximum atomic E-state index is 8.47. The second-order valence-electron chi connectivity index (χ2n) is 1.88. The molecule has 11 heavy (non-hydrogen) atoms. The predicted octanol–water partition coefficient (Wildman–Crippen LogP) is 0.951. The Kier molecular flexibility index (Phi) is 2.58. The van der Waals surface area contributed by atoms with Gasteiger partial charge in [0.25, 0.3) is 0 Å². The average Bonchev–Trinajstić information content (AvgIpc) is 2.40. The summed E-state index contributed by atoms with van der Waals surface area (Å²) in [5.41, 5.74) is 1.49. The van der Waals surface area contributed by atoms with Crippen LogP contribution in [-0.2, 0) is 0 Å². The molecule has 0 bridgehead atoms. The van der Waals surface area contributed by atoms with E-state index in [-0.39, 0.29) is 0 Å². The fourth-order valence-electron chi connectivity index (χ4n) is 0.631. The largest absolute Gasteiger partial charge is 0.411 e. The summed E-state index contributed by atoms with van der Waals surface area (Å²) in [4.78, 5) is 0. The van der Waals surface area contributed by atoms with E-state index in [2.05, 4.69) is 36.0 Å². The maximum Gasteiger partial charge on any atom is 0.156 e. The lowest BCUT2D eigenvalue weighted by atomic mass is 10.2. The lowest BCUT2D eigenvalue weighted by Crippen LogP contribution is -2.04. The maximum absolute atomic E-state index is 8.47. The van der Waals surface area contributed by atoms with Crippen molar-refractivity contribution in [3.05, 3.63) is 11.4 Å². The van der Waals surface area contributed by atoms with E-state index in [4.69, 9.17) is 5.21 Å². The van der Waals surface area contributed by atoms with Crippen LogP contribution in [0.1, 0.15) is 11.4 Å². The number of alkyl halides is 1. The highest BCUT2D eigenvalue weighted by Crippen LogP contribution is 2.04. The van der Waals surface area contributed by atoms with Crippen LogP contribution in [0.5, 0.6) is 0 Å². The fraction of sp³-hybridized carbons (Fsp3) is 0.400. The summed E-state index contributed by atoms with van der Waals surface area (Å²) in [5.74, 6) is 0. The highest BCUT2D eigenvalue weighted by molar-refractivity contribution is 9.09. The van der Waals surface area contributed by atoms with Gasteiger partial charge in [0, 0.05) is 0 Å². The zero-order valence-electron chi connectivity index (χ0n) is 5.78. The molecular formula is C5H6BrN3O2. The van der Waals surface area contributed by atoms with Crippen molar-refractivity contribution in [1.29, 1.82) is 0 Å². The number of hydrogen-bond acceptors (Lipinski definition) is 5. The van der Waals surface area contributed by atoms with Crippen LogP contribution in [0.2, 0.25) is 0 Å². The van der Waals surface area contributed by atoms with Gasteiger partial charge in [0.15, 0.2) is 5.69 Å². The van der Waals surface area contributed by atoms with Gasteiger partial charge in [-0.2, -0.15) is 0 Å². The Balaban J connectivity index is 3.00. The van der Waals surface area contributed by atoms with Gasteiger partial charge in [-0.25, -0.2) is 4.63 Å². The second-order valence-corrected chi connectivity index (χ2v) is 2.44. The third-order valence-corrected chi connectivity index (χ3v) is 1.70. The van der Waals surface area contributed by atoms with Crippen LogP contribution in [0.4, 0.5) is 0 Å². The molecule has 60 valence electrons. The van der Waals surface area contributed by atoms with E-state index in [0.29, 0.717) is 22.4 Å². The Morgan fingerprint density at radius 1 is 1.73 bits per heavy atom. The van der Waals surface area contributed by atoms with Crippen molar-refractivity contribution in [3.63, 3.8) is 0 Å². The number of aromatic nitrogens is 2. The Labute approximate surface area is 71.2 Å². The van der Waals surface area contributed by atoms with Crippen molar-refractivity contribution in [2.24, 2.45) is 5.16 Å². The first kappa shape index (κ1) is 8.19. The average molecular weight is 220 g/mol. The summed E-state index contributed by atoms with van der Waals surface area (Å²) in [6.07, 6.45) is 0. The molecule has 1 heterocycles. The van der Waals surface area contributed by atoms with Crippen molar-refractivity contribution >= 4 is 21.6 Å². The molecule has 0 saturated heterocycles. The molecule has 1 aromatic heterocycles. The fourth-order valence-corrected chi connectivity index (χ4v) is 1.01. The number of rotatable bonds is 2. The molecule has 0 amide bonds. The van der Waals surface area contributed by atoms with E-state index >= 15 is 0 Å². The van der Waals surface area contributed by atoms with Gasteiger partial charge in [-0.1, -0.05) is 26.2 Å². The van der Waals surface area contributed by atoms with Gasteiger partial charge in [0.05, 0.1) is 5.33 Å². The van der Waals surface area contributed by atoms with Crippen LogP contribution in [-0.4, -0.2) is 26.6 Å². The minimum absolute atomic E-state index is 0.406. The molecule has 0 spiro atoms. The molecule has 0 fully saturated rings. The molecular weight excluding hydrogens is 214 g/mol. The summed E-state index contributed by atoms with van der Waals surface area (Å²) in [6, 6.07) is 0. The van der Waals surface area contributed by atoms with Gasteiger partial charge in [0.1, 0.15) is 11.4 Å². The lowest BCUT2D eigenvalue weighted by Gasteiger charge is -1.91. The molecule has 0 unspecified atom stereocenters. The Hall–Kier alpha value is -0.910. The van der Waals surface area contributed by atoms with Crippen LogP contribution in [0.25, 0.3) is 0 Å². The molecule has 0 aliphatic rings. The van der Waals surface area contributed by atoms with E-state index < -0.39 is 0 Å². The van der Waals surface area contributed by atoms with Gasteiger partial charge >= 0.3 is 0 Å². The number of hydrogen-bond donors (Lipinski definition) is 1. The quantitative estimate of drug-likeness (QED) is 0.348. The second kappa shape index (κ2) is 3.47. The zero-order chi connectivity index (χ0) is 8.27. The van der Waals surface area contributed by atoms with Crippen molar-refractivity contribution in [2.75, 3.05) is 5.33 Å². The molecule has 0 aliphatic carbocycles. The van der Waals surface area contributed by atoms with Gasteiger partial charge in [0.2, 0.25) is 0 Å². The Bertz CT molecular complexity index is 270. The topological polar surface area (TPSA) is 71.5 Å². The van der Waals surface area contributed by atoms with Crippen LogP contribution in [0, 0.1) is 6.92 Å². The molecule has 5 nitrogen and oxygen atoms in total. The first-order valence-electron chi connectivity index (χ1n) is 2.86. The molecule has 0 atom stereocenters. The Morgan fingerprint density at radius 3 is 2.82 bits per heavy atom. The first-order valence-corrected chi connectivity index (χ1v) is 3.98. The zero-order valence-corrected chi connectivity index (χ0v) is 7.37. The standard InChI is InChI=1S/C5H6BrN3O2/c1-3-5(9-11-8-3)4(2-6)7-10/h10H,2H2,1H3/b7-4+. The van der Waals surface area contributed by atoms with Crippen LogP contribution >= 0.6 is 15.9 Å². The predicted molar refractivity (Wildman–Crippen MR) is 41.2 cm³/mol. The third kappa shape index (κ3) is 1.56. The minimum atomic E-state index is 0.406. The number of nitrogens with zero attached hydrogens (tertiary/aromatic N) is 3. The van der Waals surface area contributed by atoms with Crippen molar-refractivity contribution in [1.82, 2.24) is 10.3 Å². The summed E-state index contributed by atoms with van der Waals surface area (Å²) in [7, 11) is 0. The van der Waals surface area contributed by atoms with Crippen LogP contribution in [0.3, 0.4) is 0 Å². The highest BCUT2D eigenvalue weighted by atomic mass is 79.9. The first-order chi connectivity index (χ1) is 5.29. The molecule has 1 aromatic rings. The van der Waals surface area contributed by atoms with E-state index in [1.165, 1.54) is 0 Å². The monoisotopic (exact) mass is 219 g/mol. The van der Waals surface area contributed by atoms with Crippen LogP contribution in [0.15, 0.2) is 9.78 Å². The van der Waals surface area contributed by atoms with Crippen molar-refractivity contribution < 1.29 is 9.84 Å². The molecule has 6 heteroatoms. The van der Waals surface area contributed by atoms with Crippen LogP contribution < -0.4 is 0 Å². The lowest BCUT2D eigenvalue weighted by molar-refractivity contribution is 0.302. The molecule has 0 aliphatic heterocycles. The number of oxime groups is 1. The van der Waals surface area contributed by atoms with E-state index in [1.807, 2.05) is 0 Å². The number of aryl methyl sites for hydroxylation is 1. The SMILES string of the molecule is Cc1nonc1/C(CBr)=N/O. The summed E-state index contributed by atoms with van der Waals surface area (Å²) < 4.78 is 4.42. The van der Waals surface area contributed by atoms with E-state index in [9.17, 15) is 0 Å². The van der Waals surface area contributed by atoms with Gasteiger partial charge in [-0.05, 0) is 12.1 Å². The molecule has 0 saturated carbocycles. The summed E-state index contributed by atoms with van der Waals surface area (Å²) in [6.45, 7) is 1.72. The molecule has 0 radical (unpaired) electrons.